The molecule has 8 heteroatoms. The van der Waals surface area contributed by atoms with Crippen molar-refractivity contribution in [3.05, 3.63) is 69.1 Å². The Morgan fingerprint density at radius 1 is 1.19 bits per heavy atom. The maximum absolute atomic E-state index is 13.7. The average Bonchev–Trinajstić information content (AvgIpc) is 2.82. The second-order valence-electron chi connectivity index (χ2n) is 5.55. The Morgan fingerprint density at radius 2 is 1.85 bits per heavy atom. The first-order valence-corrected chi connectivity index (χ1v) is 8.28. The maximum Gasteiger partial charge on any atom is 0.328 e. The fraction of sp³-hybridized carbons (Fsp3) is 0.111. The van der Waals surface area contributed by atoms with Crippen molar-refractivity contribution in [1.82, 2.24) is 10.2 Å². The number of nitrogens with one attached hydrogen (secondary N) is 1. The highest BCUT2D eigenvalue weighted by Gasteiger charge is 2.30. The van der Waals surface area contributed by atoms with E-state index in [0.717, 1.165) is 4.90 Å². The van der Waals surface area contributed by atoms with Crippen LogP contribution in [0.4, 0.5) is 9.18 Å². The largest absolute Gasteiger partial charge is 0.486 e. The van der Waals surface area contributed by atoms with Gasteiger partial charge in [0.25, 0.3) is 5.91 Å². The van der Waals surface area contributed by atoms with Crippen LogP contribution in [0.2, 0.25) is 10.0 Å². The number of ether oxygens (including phenoxy) is 1. The molecule has 0 bridgehead atoms. The third-order valence-corrected chi connectivity index (χ3v) is 4.30. The van der Waals surface area contributed by atoms with Crippen molar-refractivity contribution in [2.45, 2.75) is 6.61 Å². The third-order valence-electron chi connectivity index (χ3n) is 3.74. The van der Waals surface area contributed by atoms with Crippen LogP contribution in [-0.4, -0.2) is 23.9 Å². The fourth-order valence-corrected chi connectivity index (χ4v) is 2.97. The zero-order chi connectivity index (χ0) is 18.8. The summed E-state index contributed by atoms with van der Waals surface area (Å²) in [6.07, 6.45) is 1.46. The van der Waals surface area contributed by atoms with E-state index < -0.39 is 11.9 Å². The van der Waals surface area contributed by atoms with Crippen molar-refractivity contribution in [2.24, 2.45) is 0 Å². The summed E-state index contributed by atoms with van der Waals surface area (Å²) in [7, 11) is 1.37. The number of nitrogens with zero attached hydrogens (tertiary/aromatic N) is 1. The predicted octanol–water partition coefficient (Wildman–Crippen LogP) is 4.23. The summed E-state index contributed by atoms with van der Waals surface area (Å²) in [6, 6.07) is 8.78. The van der Waals surface area contributed by atoms with Gasteiger partial charge in [-0.2, -0.15) is 0 Å². The minimum Gasteiger partial charge on any atom is -0.486 e. The van der Waals surface area contributed by atoms with Crippen LogP contribution in [0.15, 0.2) is 42.1 Å². The Hall–Kier alpha value is -2.57. The van der Waals surface area contributed by atoms with E-state index in [0.29, 0.717) is 11.1 Å². The lowest BCUT2D eigenvalue weighted by molar-refractivity contribution is -0.121. The molecule has 134 valence electrons. The zero-order valence-electron chi connectivity index (χ0n) is 13.6. The van der Waals surface area contributed by atoms with Crippen LogP contribution < -0.4 is 10.1 Å². The summed E-state index contributed by atoms with van der Waals surface area (Å²) in [5, 5.41) is 2.85. The van der Waals surface area contributed by atoms with Gasteiger partial charge < -0.3 is 10.1 Å². The Balaban J connectivity index is 1.82. The molecule has 1 N–H and O–H groups in total. The van der Waals surface area contributed by atoms with Gasteiger partial charge in [0, 0.05) is 12.6 Å². The van der Waals surface area contributed by atoms with Crippen LogP contribution in [0.3, 0.4) is 0 Å². The van der Waals surface area contributed by atoms with Gasteiger partial charge in [-0.1, -0.05) is 41.4 Å². The lowest BCUT2D eigenvalue weighted by Crippen LogP contribution is -2.25. The Kier molecular flexibility index (Phi) is 5.15. The summed E-state index contributed by atoms with van der Waals surface area (Å²) >= 11 is 12.4. The number of carbonyl (C=O) groups is 2. The van der Waals surface area contributed by atoms with Crippen molar-refractivity contribution in [2.75, 3.05) is 7.05 Å². The van der Waals surface area contributed by atoms with Crippen molar-refractivity contribution >= 4 is 41.2 Å². The first-order valence-electron chi connectivity index (χ1n) is 7.53. The fourth-order valence-electron chi connectivity index (χ4n) is 2.36. The molecule has 3 rings (SSSR count). The molecule has 0 atom stereocenters. The molecule has 0 radical (unpaired) electrons. The number of urea groups is 1. The summed E-state index contributed by atoms with van der Waals surface area (Å²) in [4.78, 5) is 24.3. The normalized spacial score (nSPS) is 15.5. The highest BCUT2D eigenvalue weighted by molar-refractivity contribution is 6.37. The first kappa shape index (κ1) is 18.2. The number of amides is 3. The Labute approximate surface area is 159 Å². The van der Waals surface area contributed by atoms with Gasteiger partial charge in [0.1, 0.15) is 18.1 Å². The number of halogens is 3. The number of hydrogen-bond acceptors (Lipinski definition) is 3. The number of rotatable bonds is 4. The third kappa shape index (κ3) is 3.66. The van der Waals surface area contributed by atoms with Crippen molar-refractivity contribution in [3.8, 4) is 5.75 Å². The summed E-state index contributed by atoms with van der Waals surface area (Å²) in [5.74, 6) is -0.638. The topological polar surface area (TPSA) is 58.6 Å². The number of carbonyl (C=O) groups excluding carboxylic acids is 2. The molecule has 0 aliphatic carbocycles. The van der Waals surface area contributed by atoms with Gasteiger partial charge in [-0.05, 0) is 29.8 Å². The molecular weight excluding hydrogens is 382 g/mol. The predicted molar refractivity (Wildman–Crippen MR) is 96.5 cm³/mol. The molecule has 1 aliphatic rings. The van der Waals surface area contributed by atoms with Crippen molar-refractivity contribution in [1.29, 1.82) is 0 Å². The van der Waals surface area contributed by atoms with Crippen molar-refractivity contribution in [3.63, 3.8) is 0 Å². The number of likely N-dealkylation sites (N-methyl/N-ethyl adjacent to an activating group) is 1. The minimum atomic E-state index is -0.511. The second-order valence-corrected chi connectivity index (χ2v) is 6.36. The molecular formula is C18H13Cl2FN2O3. The molecule has 5 nitrogen and oxygen atoms in total. The molecule has 2 aromatic rings. The number of benzene rings is 2. The summed E-state index contributed by atoms with van der Waals surface area (Å²) < 4.78 is 19.2. The van der Waals surface area contributed by atoms with E-state index in [1.54, 1.807) is 18.2 Å². The van der Waals surface area contributed by atoms with E-state index in [2.05, 4.69) is 5.32 Å². The minimum absolute atomic E-state index is 0.0358. The molecule has 3 amide bonds. The lowest BCUT2D eigenvalue weighted by atomic mass is 10.1. The smallest absolute Gasteiger partial charge is 0.328 e. The molecule has 0 unspecified atom stereocenters. The van der Waals surface area contributed by atoms with Gasteiger partial charge in [0.05, 0.1) is 10.0 Å². The first-order chi connectivity index (χ1) is 12.4. The van der Waals surface area contributed by atoms with E-state index in [-0.39, 0.29) is 33.9 Å². The molecule has 0 spiro atoms. The lowest BCUT2D eigenvalue weighted by Gasteiger charge is -2.11. The Bertz CT molecular complexity index is 907. The highest BCUT2D eigenvalue weighted by Crippen LogP contribution is 2.35. The molecule has 0 saturated carbocycles. The zero-order valence-corrected chi connectivity index (χ0v) is 15.1. The molecule has 1 fully saturated rings. The van der Waals surface area contributed by atoms with Gasteiger partial charge in [0.15, 0.2) is 5.75 Å². The SMILES string of the molecule is CN1C(=O)N/C(=C/c2cc(Cl)c(OCc3ccccc3F)c(Cl)c2)C1=O. The van der Waals surface area contributed by atoms with Crippen molar-refractivity contribution < 1.29 is 18.7 Å². The monoisotopic (exact) mass is 394 g/mol. The van der Waals surface area contributed by atoms with Gasteiger partial charge in [-0.15, -0.1) is 0 Å². The molecule has 0 aromatic heterocycles. The molecule has 26 heavy (non-hydrogen) atoms. The van der Waals surface area contributed by atoms with E-state index in [4.69, 9.17) is 27.9 Å². The molecule has 2 aromatic carbocycles. The average molecular weight is 395 g/mol. The molecule has 1 aliphatic heterocycles. The van der Waals surface area contributed by atoms with Gasteiger partial charge in [0.2, 0.25) is 0 Å². The van der Waals surface area contributed by atoms with Gasteiger partial charge in [-0.3, -0.25) is 9.69 Å². The van der Waals surface area contributed by atoms with Crippen LogP contribution in [0.25, 0.3) is 6.08 Å². The quantitative estimate of drug-likeness (QED) is 0.623. The summed E-state index contributed by atoms with van der Waals surface area (Å²) in [6.45, 7) is -0.0358. The molecule has 1 saturated heterocycles. The van der Waals surface area contributed by atoms with Crippen LogP contribution in [0.1, 0.15) is 11.1 Å². The van der Waals surface area contributed by atoms with Crippen LogP contribution in [0.5, 0.6) is 5.75 Å². The van der Waals surface area contributed by atoms with E-state index in [9.17, 15) is 14.0 Å². The van der Waals surface area contributed by atoms with E-state index >= 15 is 0 Å². The highest BCUT2D eigenvalue weighted by atomic mass is 35.5. The summed E-state index contributed by atoms with van der Waals surface area (Å²) in [5.41, 5.74) is 0.995. The standard InChI is InChI=1S/C18H13Cl2FN2O3/c1-23-17(24)15(22-18(23)25)8-10-6-12(19)16(13(20)7-10)26-9-11-4-2-3-5-14(11)21/h2-8H,9H2,1H3,(H,22,25)/b15-8+. The Morgan fingerprint density at radius 3 is 2.42 bits per heavy atom. The van der Waals surface area contributed by atoms with E-state index in [1.807, 2.05) is 0 Å². The number of imide groups is 1. The number of hydrogen-bond donors (Lipinski definition) is 1. The molecule has 1 heterocycles. The van der Waals surface area contributed by atoms with Crippen LogP contribution >= 0.6 is 23.2 Å². The van der Waals surface area contributed by atoms with Crippen LogP contribution in [0, 0.1) is 5.82 Å². The second kappa shape index (κ2) is 7.35. The van der Waals surface area contributed by atoms with E-state index in [1.165, 1.54) is 31.3 Å². The van der Waals surface area contributed by atoms with Crippen LogP contribution in [-0.2, 0) is 11.4 Å². The maximum atomic E-state index is 13.7. The van der Waals surface area contributed by atoms with Gasteiger partial charge in [-0.25, -0.2) is 9.18 Å². The van der Waals surface area contributed by atoms with Gasteiger partial charge >= 0.3 is 6.03 Å².